The molecule has 1 aliphatic rings. The van der Waals surface area contributed by atoms with Crippen molar-refractivity contribution in [1.82, 2.24) is 4.90 Å². The van der Waals surface area contributed by atoms with E-state index in [0.717, 1.165) is 42.4 Å². The summed E-state index contributed by atoms with van der Waals surface area (Å²) in [7, 11) is 1.85. The van der Waals surface area contributed by atoms with Crippen LogP contribution in [0.15, 0.2) is 12.1 Å². The largest absolute Gasteiger partial charge is 0.381 e. The SMILES string of the molecule is CN(CC1CCCOC1)C(=O)c1ccc(C#CCN)s1. The molecule has 1 fully saturated rings. The number of carbonyl (C=O) groups excluding carboxylic acids is 1. The van der Waals surface area contributed by atoms with Crippen molar-refractivity contribution in [3.05, 3.63) is 21.9 Å². The van der Waals surface area contributed by atoms with Gasteiger partial charge in [0.1, 0.15) is 0 Å². The van der Waals surface area contributed by atoms with Crippen molar-refractivity contribution in [1.29, 1.82) is 0 Å². The van der Waals surface area contributed by atoms with Gasteiger partial charge in [0, 0.05) is 20.2 Å². The summed E-state index contributed by atoms with van der Waals surface area (Å²) in [6.45, 7) is 2.70. The normalized spacial score (nSPS) is 18.2. The van der Waals surface area contributed by atoms with Gasteiger partial charge in [0.05, 0.1) is 22.9 Å². The molecule has 0 bridgehead atoms. The van der Waals surface area contributed by atoms with Crippen molar-refractivity contribution < 1.29 is 9.53 Å². The topological polar surface area (TPSA) is 55.6 Å². The number of amides is 1. The van der Waals surface area contributed by atoms with Crippen molar-refractivity contribution >= 4 is 17.2 Å². The highest BCUT2D eigenvalue weighted by molar-refractivity contribution is 7.14. The first kappa shape index (κ1) is 15.0. The quantitative estimate of drug-likeness (QED) is 0.860. The van der Waals surface area contributed by atoms with Crippen molar-refractivity contribution in [2.24, 2.45) is 11.7 Å². The molecule has 1 atom stereocenters. The lowest BCUT2D eigenvalue weighted by atomic mass is 10.0. The van der Waals surface area contributed by atoms with Gasteiger partial charge < -0.3 is 15.4 Å². The van der Waals surface area contributed by atoms with Crippen LogP contribution in [-0.4, -0.2) is 44.2 Å². The molecule has 1 unspecified atom stereocenters. The summed E-state index contributed by atoms with van der Waals surface area (Å²) in [6, 6.07) is 3.71. The maximum Gasteiger partial charge on any atom is 0.263 e. The standard InChI is InChI=1S/C15H20N2O2S/c1-17(10-12-4-3-9-19-11-12)15(18)14-7-6-13(20-14)5-2-8-16/h6-7,12H,3-4,8-11,16H2,1H3. The average Bonchev–Trinajstić information content (AvgIpc) is 2.94. The average molecular weight is 292 g/mol. The van der Waals surface area contributed by atoms with E-state index in [2.05, 4.69) is 11.8 Å². The molecule has 2 rings (SSSR count). The molecule has 1 aromatic rings. The Morgan fingerprint density at radius 3 is 3.15 bits per heavy atom. The molecule has 20 heavy (non-hydrogen) atoms. The molecule has 0 spiro atoms. The Kier molecular flexibility index (Phi) is 5.60. The van der Waals surface area contributed by atoms with E-state index in [-0.39, 0.29) is 5.91 Å². The first-order valence-electron chi connectivity index (χ1n) is 6.82. The lowest BCUT2D eigenvalue weighted by molar-refractivity contribution is 0.0390. The Hall–Kier alpha value is -1.35. The number of nitrogens with two attached hydrogens (primary N) is 1. The number of nitrogens with zero attached hydrogens (tertiary/aromatic N) is 1. The zero-order valence-corrected chi connectivity index (χ0v) is 12.5. The van der Waals surface area contributed by atoms with Crippen molar-refractivity contribution in [3.63, 3.8) is 0 Å². The second-order valence-corrected chi connectivity index (χ2v) is 6.02. The number of rotatable bonds is 3. The van der Waals surface area contributed by atoms with Crippen LogP contribution in [0.2, 0.25) is 0 Å². The Morgan fingerprint density at radius 1 is 1.60 bits per heavy atom. The Bertz CT molecular complexity index is 509. The van der Waals surface area contributed by atoms with Gasteiger partial charge in [-0.05, 0) is 30.9 Å². The van der Waals surface area contributed by atoms with E-state index in [1.807, 2.05) is 19.2 Å². The zero-order chi connectivity index (χ0) is 14.4. The molecule has 1 aliphatic heterocycles. The third-order valence-corrected chi connectivity index (χ3v) is 4.25. The molecule has 2 N–H and O–H groups in total. The van der Waals surface area contributed by atoms with E-state index in [0.29, 0.717) is 12.5 Å². The van der Waals surface area contributed by atoms with Gasteiger partial charge >= 0.3 is 0 Å². The molecule has 1 amide bonds. The van der Waals surface area contributed by atoms with Crippen LogP contribution in [0, 0.1) is 17.8 Å². The maximum absolute atomic E-state index is 12.3. The van der Waals surface area contributed by atoms with E-state index in [4.69, 9.17) is 10.5 Å². The molecule has 0 radical (unpaired) electrons. The molecule has 2 heterocycles. The minimum atomic E-state index is 0.0568. The van der Waals surface area contributed by atoms with Crippen molar-refractivity contribution in [2.45, 2.75) is 12.8 Å². The van der Waals surface area contributed by atoms with E-state index in [9.17, 15) is 4.79 Å². The zero-order valence-electron chi connectivity index (χ0n) is 11.7. The maximum atomic E-state index is 12.3. The predicted octanol–water partition coefficient (Wildman–Crippen LogP) is 1.56. The highest BCUT2D eigenvalue weighted by Gasteiger charge is 2.20. The van der Waals surface area contributed by atoms with Crippen LogP contribution in [0.4, 0.5) is 0 Å². The van der Waals surface area contributed by atoms with Crippen molar-refractivity contribution in [2.75, 3.05) is 33.4 Å². The third-order valence-electron chi connectivity index (χ3n) is 3.26. The Labute approximate surface area is 123 Å². The Morgan fingerprint density at radius 2 is 2.45 bits per heavy atom. The van der Waals surface area contributed by atoms with Gasteiger partial charge in [-0.2, -0.15) is 0 Å². The predicted molar refractivity (Wildman–Crippen MR) is 80.8 cm³/mol. The van der Waals surface area contributed by atoms with Gasteiger partial charge in [-0.1, -0.05) is 11.8 Å². The van der Waals surface area contributed by atoms with Gasteiger partial charge in [-0.25, -0.2) is 0 Å². The van der Waals surface area contributed by atoms with Crippen molar-refractivity contribution in [3.8, 4) is 11.8 Å². The minimum Gasteiger partial charge on any atom is -0.381 e. The summed E-state index contributed by atoms with van der Waals surface area (Å²) >= 11 is 1.42. The van der Waals surface area contributed by atoms with Gasteiger partial charge in [0.2, 0.25) is 0 Å². The van der Waals surface area contributed by atoms with Gasteiger partial charge in [0.25, 0.3) is 5.91 Å². The highest BCUT2D eigenvalue weighted by Crippen LogP contribution is 2.19. The first-order valence-corrected chi connectivity index (χ1v) is 7.64. The van der Waals surface area contributed by atoms with Gasteiger partial charge in [-0.15, -0.1) is 11.3 Å². The summed E-state index contributed by atoms with van der Waals surface area (Å²) in [6.07, 6.45) is 2.22. The lowest BCUT2D eigenvalue weighted by Crippen LogP contribution is -2.34. The van der Waals surface area contributed by atoms with E-state index < -0.39 is 0 Å². The van der Waals surface area contributed by atoms with Crippen LogP contribution < -0.4 is 5.73 Å². The number of carbonyl (C=O) groups is 1. The Balaban J connectivity index is 1.93. The van der Waals surface area contributed by atoms with Gasteiger partial charge in [-0.3, -0.25) is 4.79 Å². The molecule has 0 aliphatic carbocycles. The number of ether oxygens (including phenoxy) is 1. The lowest BCUT2D eigenvalue weighted by Gasteiger charge is -2.26. The third kappa shape index (κ3) is 4.07. The monoisotopic (exact) mass is 292 g/mol. The number of hydrogen-bond donors (Lipinski definition) is 1. The molecule has 108 valence electrons. The number of hydrogen-bond acceptors (Lipinski definition) is 4. The summed E-state index contributed by atoms with van der Waals surface area (Å²) in [4.78, 5) is 15.7. The molecular weight excluding hydrogens is 272 g/mol. The molecule has 0 aromatic carbocycles. The van der Waals surface area contributed by atoms with Crippen LogP contribution in [-0.2, 0) is 4.74 Å². The van der Waals surface area contributed by atoms with E-state index in [1.165, 1.54) is 11.3 Å². The van der Waals surface area contributed by atoms with Gasteiger partial charge in [0.15, 0.2) is 0 Å². The molecule has 4 nitrogen and oxygen atoms in total. The molecule has 1 aromatic heterocycles. The first-order chi connectivity index (χ1) is 9.70. The second-order valence-electron chi connectivity index (χ2n) is 4.94. The van der Waals surface area contributed by atoms with E-state index in [1.54, 1.807) is 4.90 Å². The highest BCUT2D eigenvalue weighted by atomic mass is 32.1. The van der Waals surface area contributed by atoms with Crippen LogP contribution in [0.1, 0.15) is 27.4 Å². The smallest absolute Gasteiger partial charge is 0.263 e. The summed E-state index contributed by atoms with van der Waals surface area (Å²) < 4.78 is 5.45. The summed E-state index contributed by atoms with van der Waals surface area (Å²) in [5.74, 6) is 6.26. The molecular formula is C15H20N2O2S. The fraction of sp³-hybridized carbons (Fsp3) is 0.533. The fourth-order valence-corrected chi connectivity index (χ4v) is 3.14. The summed E-state index contributed by atoms with van der Waals surface area (Å²) in [5.41, 5.74) is 5.34. The van der Waals surface area contributed by atoms with E-state index >= 15 is 0 Å². The number of thiophene rings is 1. The second kappa shape index (κ2) is 7.44. The van der Waals surface area contributed by atoms with Crippen LogP contribution in [0.5, 0.6) is 0 Å². The van der Waals surface area contributed by atoms with Crippen LogP contribution in [0.25, 0.3) is 0 Å². The molecule has 5 heteroatoms. The molecule has 1 saturated heterocycles. The minimum absolute atomic E-state index is 0.0568. The molecule has 0 saturated carbocycles. The fourth-order valence-electron chi connectivity index (χ4n) is 2.27. The summed E-state index contributed by atoms with van der Waals surface area (Å²) in [5, 5.41) is 0. The van der Waals surface area contributed by atoms with Crippen LogP contribution >= 0.6 is 11.3 Å². The van der Waals surface area contributed by atoms with Crippen LogP contribution in [0.3, 0.4) is 0 Å².